The first-order valence-corrected chi connectivity index (χ1v) is 9.47. The molecule has 1 aliphatic carbocycles. The molecule has 0 amide bonds. The molecular formula is C21H18N4O4. The van der Waals surface area contributed by atoms with Crippen LogP contribution in [0.2, 0.25) is 0 Å². The van der Waals surface area contributed by atoms with Gasteiger partial charge in [0.25, 0.3) is 11.6 Å². The third kappa shape index (κ3) is 3.26. The summed E-state index contributed by atoms with van der Waals surface area (Å²) in [6.45, 7) is 3.47. The SMILES string of the molecule is Cc1noc2nc(C3CC3)cc(C(=O)O[C@@H](C)c3nnc(-c4ccccc4)o3)c12. The van der Waals surface area contributed by atoms with Crippen molar-refractivity contribution in [2.75, 3.05) is 0 Å². The molecule has 0 aliphatic heterocycles. The van der Waals surface area contributed by atoms with Crippen LogP contribution < -0.4 is 0 Å². The first kappa shape index (κ1) is 17.5. The molecule has 8 heteroatoms. The maximum Gasteiger partial charge on any atom is 0.339 e. The summed E-state index contributed by atoms with van der Waals surface area (Å²) in [5.74, 6) is 0.461. The maximum atomic E-state index is 13.0. The summed E-state index contributed by atoms with van der Waals surface area (Å²) < 4.78 is 16.6. The largest absolute Gasteiger partial charge is 0.449 e. The number of carbonyl (C=O) groups excluding carboxylic acids is 1. The lowest BCUT2D eigenvalue weighted by molar-refractivity contribution is 0.0282. The van der Waals surface area contributed by atoms with Crippen molar-refractivity contribution < 1.29 is 18.5 Å². The van der Waals surface area contributed by atoms with Crippen LogP contribution in [0, 0.1) is 6.92 Å². The van der Waals surface area contributed by atoms with Gasteiger partial charge in [0.1, 0.15) is 0 Å². The molecule has 0 spiro atoms. The smallest absolute Gasteiger partial charge is 0.339 e. The number of pyridine rings is 1. The molecule has 0 bridgehead atoms. The van der Waals surface area contributed by atoms with Crippen molar-refractivity contribution in [3.05, 3.63) is 59.2 Å². The van der Waals surface area contributed by atoms with Gasteiger partial charge >= 0.3 is 5.97 Å². The van der Waals surface area contributed by atoms with Crippen LogP contribution in [0.5, 0.6) is 0 Å². The molecule has 5 rings (SSSR count). The zero-order chi connectivity index (χ0) is 20.0. The van der Waals surface area contributed by atoms with Crippen LogP contribution in [0.1, 0.15) is 59.4 Å². The lowest BCUT2D eigenvalue weighted by Crippen LogP contribution is -2.11. The molecule has 8 nitrogen and oxygen atoms in total. The van der Waals surface area contributed by atoms with Gasteiger partial charge in [0, 0.05) is 17.2 Å². The van der Waals surface area contributed by atoms with E-state index in [0.29, 0.717) is 34.2 Å². The molecule has 0 radical (unpaired) electrons. The van der Waals surface area contributed by atoms with Crippen LogP contribution in [0.15, 0.2) is 45.3 Å². The lowest BCUT2D eigenvalue weighted by Gasteiger charge is -2.11. The predicted molar refractivity (Wildman–Crippen MR) is 102 cm³/mol. The first-order valence-electron chi connectivity index (χ1n) is 9.47. The average Bonchev–Trinajstić information content (AvgIpc) is 3.35. The fourth-order valence-electron chi connectivity index (χ4n) is 3.23. The summed E-state index contributed by atoms with van der Waals surface area (Å²) in [7, 11) is 0. The second-order valence-electron chi connectivity index (χ2n) is 7.18. The molecule has 1 atom stereocenters. The van der Waals surface area contributed by atoms with E-state index in [0.717, 1.165) is 24.1 Å². The van der Waals surface area contributed by atoms with Gasteiger partial charge in [-0.2, -0.15) is 0 Å². The number of hydrogen-bond donors (Lipinski definition) is 0. The van der Waals surface area contributed by atoms with E-state index >= 15 is 0 Å². The Labute approximate surface area is 165 Å². The average molecular weight is 390 g/mol. The van der Waals surface area contributed by atoms with E-state index in [4.69, 9.17) is 13.7 Å². The van der Waals surface area contributed by atoms with Crippen LogP contribution in [-0.2, 0) is 4.74 Å². The van der Waals surface area contributed by atoms with Crippen molar-refractivity contribution in [1.82, 2.24) is 20.3 Å². The van der Waals surface area contributed by atoms with Gasteiger partial charge in [0.05, 0.1) is 16.6 Å². The molecule has 1 saturated carbocycles. The molecule has 0 saturated heterocycles. The van der Waals surface area contributed by atoms with E-state index in [2.05, 4.69) is 20.3 Å². The third-order valence-electron chi connectivity index (χ3n) is 4.95. The summed E-state index contributed by atoms with van der Waals surface area (Å²) in [5.41, 5.74) is 2.98. The Bertz CT molecular complexity index is 1190. The molecule has 3 heterocycles. The Morgan fingerprint density at radius 1 is 1.21 bits per heavy atom. The van der Waals surface area contributed by atoms with Gasteiger partial charge < -0.3 is 13.7 Å². The maximum absolute atomic E-state index is 13.0. The highest BCUT2D eigenvalue weighted by Gasteiger charge is 2.30. The number of nitrogens with zero attached hydrogens (tertiary/aromatic N) is 4. The highest BCUT2D eigenvalue weighted by molar-refractivity contribution is 6.03. The normalized spacial score (nSPS) is 14.8. The number of hydrogen-bond acceptors (Lipinski definition) is 8. The van der Waals surface area contributed by atoms with Crippen LogP contribution >= 0.6 is 0 Å². The highest BCUT2D eigenvalue weighted by Crippen LogP contribution is 2.40. The monoisotopic (exact) mass is 390 g/mol. The van der Waals surface area contributed by atoms with Crippen LogP contribution in [0.4, 0.5) is 0 Å². The first-order chi connectivity index (χ1) is 14.1. The minimum absolute atomic E-state index is 0.229. The number of aryl methyl sites for hydroxylation is 1. The number of esters is 1. The molecule has 0 N–H and O–H groups in total. The number of fused-ring (bicyclic) bond motifs is 1. The summed E-state index contributed by atoms with van der Waals surface area (Å²) in [6, 6.07) is 11.2. The van der Waals surface area contributed by atoms with Crippen molar-refractivity contribution in [3.63, 3.8) is 0 Å². The summed E-state index contributed by atoms with van der Waals surface area (Å²) in [5, 5.41) is 12.6. The van der Waals surface area contributed by atoms with E-state index in [1.54, 1.807) is 19.9 Å². The van der Waals surface area contributed by atoms with Gasteiger partial charge in [-0.25, -0.2) is 9.78 Å². The van der Waals surface area contributed by atoms with Gasteiger partial charge in [0.15, 0.2) is 6.10 Å². The number of ether oxygens (including phenoxy) is 1. The van der Waals surface area contributed by atoms with Crippen molar-refractivity contribution in [2.45, 2.75) is 38.7 Å². The van der Waals surface area contributed by atoms with Gasteiger partial charge in [-0.1, -0.05) is 23.4 Å². The summed E-state index contributed by atoms with van der Waals surface area (Å²) in [4.78, 5) is 17.5. The third-order valence-corrected chi connectivity index (χ3v) is 4.95. The standard InChI is InChI=1S/C21H18N4O4/c1-11-17-15(10-16(13-8-9-13)22-20(17)29-25-11)21(26)27-12(2)18-23-24-19(28-18)14-6-4-3-5-7-14/h3-7,10,12-13H,8-9H2,1-2H3/t12-/m0/s1. The fraction of sp³-hybridized carbons (Fsp3) is 0.286. The molecule has 4 aromatic rings. The van der Waals surface area contributed by atoms with Crippen molar-refractivity contribution in [3.8, 4) is 11.5 Å². The van der Waals surface area contributed by atoms with Gasteiger partial charge in [-0.3, -0.25) is 0 Å². The quantitative estimate of drug-likeness (QED) is 0.463. The van der Waals surface area contributed by atoms with Gasteiger partial charge in [-0.05, 0) is 44.9 Å². The van der Waals surface area contributed by atoms with E-state index in [9.17, 15) is 4.79 Å². The van der Waals surface area contributed by atoms with Crippen LogP contribution in [-0.4, -0.2) is 26.3 Å². The van der Waals surface area contributed by atoms with Crippen molar-refractivity contribution >= 4 is 17.1 Å². The Balaban J connectivity index is 1.42. The van der Waals surface area contributed by atoms with Crippen LogP contribution in [0.3, 0.4) is 0 Å². The minimum Gasteiger partial charge on any atom is -0.449 e. The lowest BCUT2D eigenvalue weighted by atomic mass is 10.1. The second-order valence-corrected chi connectivity index (χ2v) is 7.18. The molecule has 146 valence electrons. The fourth-order valence-corrected chi connectivity index (χ4v) is 3.23. The van der Waals surface area contributed by atoms with Crippen molar-refractivity contribution in [1.29, 1.82) is 0 Å². The molecule has 3 aromatic heterocycles. The number of carbonyl (C=O) groups is 1. The Kier molecular flexibility index (Phi) is 4.12. The second kappa shape index (κ2) is 6.80. The molecule has 1 aliphatic rings. The van der Waals surface area contributed by atoms with E-state index < -0.39 is 12.1 Å². The summed E-state index contributed by atoms with van der Waals surface area (Å²) in [6.07, 6.45) is 1.40. The van der Waals surface area contributed by atoms with Crippen LogP contribution in [0.25, 0.3) is 22.6 Å². The highest BCUT2D eigenvalue weighted by atomic mass is 16.6. The molecular weight excluding hydrogens is 372 g/mol. The van der Waals surface area contributed by atoms with Gasteiger partial charge in [-0.15, -0.1) is 10.2 Å². The Morgan fingerprint density at radius 3 is 2.76 bits per heavy atom. The zero-order valence-corrected chi connectivity index (χ0v) is 16.0. The van der Waals surface area contributed by atoms with E-state index in [1.807, 2.05) is 30.3 Å². The minimum atomic E-state index is -0.708. The number of rotatable bonds is 5. The van der Waals surface area contributed by atoms with Crippen molar-refractivity contribution in [2.24, 2.45) is 0 Å². The molecule has 1 fully saturated rings. The molecule has 29 heavy (non-hydrogen) atoms. The Morgan fingerprint density at radius 2 is 2.00 bits per heavy atom. The van der Waals surface area contributed by atoms with E-state index in [1.165, 1.54) is 0 Å². The predicted octanol–water partition coefficient (Wildman–Crippen LogP) is 4.38. The number of benzene rings is 1. The van der Waals surface area contributed by atoms with Gasteiger partial charge in [0.2, 0.25) is 5.89 Å². The zero-order valence-electron chi connectivity index (χ0n) is 16.0. The molecule has 0 unspecified atom stereocenters. The van der Waals surface area contributed by atoms with E-state index in [-0.39, 0.29) is 5.89 Å². The number of aromatic nitrogens is 4. The topological polar surface area (TPSA) is 104 Å². The Hall–Kier alpha value is -3.55. The summed E-state index contributed by atoms with van der Waals surface area (Å²) >= 11 is 0. The molecule has 1 aromatic carbocycles.